The van der Waals surface area contributed by atoms with Gasteiger partial charge in [-0.2, -0.15) is 0 Å². The Morgan fingerprint density at radius 1 is 1.25 bits per heavy atom. The zero-order chi connectivity index (χ0) is 14.8. The van der Waals surface area contributed by atoms with Crippen LogP contribution in [0.1, 0.15) is 48.5 Å². The summed E-state index contributed by atoms with van der Waals surface area (Å²) in [5.74, 6) is 0.702. The van der Waals surface area contributed by atoms with Gasteiger partial charge >= 0.3 is 0 Å². The summed E-state index contributed by atoms with van der Waals surface area (Å²) in [5, 5.41) is 1.92. The van der Waals surface area contributed by atoms with Crippen molar-refractivity contribution in [1.82, 2.24) is 0 Å². The lowest BCUT2D eigenvalue weighted by atomic mass is 9.85. The molecule has 1 heterocycles. The Labute approximate surface area is 124 Å². The fraction of sp³-hybridized carbons (Fsp3) is 0.353. The molecule has 0 unspecified atom stereocenters. The molecular weight excluding hydrogens is 268 g/mol. The average molecular weight is 288 g/mol. The van der Waals surface area contributed by atoms with E-state index in [9.17, 15) is 4.79 Å². The molecule has 0 saturated carbocycles. The molecule has 20 heavy (non-hydrogen) atoms. The van der Waals surface area contributed by atoms with E-state index in [1.54, 1.807) is 0 Å². The van der Waals surface area contributed by atoms with E-state index in [4.69, 9.17) is 4.74 Å². The first kappa shape index (κ1) is 14.8. The Bertz CT molecular complexity index is 592. The lowest BCUT2D eigenvalue weighted by Crippen LogP contribution is -2.13. The van der Waals surface area contributed by atoms with Gasteiger partial charge in [-0.05, 0) is 41.5 Å². The Morgan fingerprint density at radius 3 is 2.55 bits per heavy atom. The van der Waals surface area contributed by atoms with Gasteiger partial charge in [0, 0.05) is 0 Å². The third kappa shape index (κ3) is 3.10. The van der Waals surface area contributed by atoms with Crippen molar-refractivity contribution in [3.8, 4) is 5.75 Å². The molecule has 0 radical (unpaired) electrons. The summed E-state index contributed by atoms with van der Waals surface area (Å²) < 4.78 is 5.61. The highest BCUT2D eigenvalue weighted by atomic mass is 32.1. The molecule has 2 aromatic rings. The molecule has 0 N–H and O–H groups in total. The fourth-order valence-corrected chi connectivity index (χ4v) is 2.67. The van der Waals surface area contributed by atoms with Crippen LogP contribution in [0.25, 0.3) is 0 Å². The second-order valence-electron chi connectivity index (χ2n) is 5.70. The normalized spacial score (nSPS) is 11.4. The van der Waals surface area contributed by atoms with E-state index in [1.807, 2.05) is 42.6 Å². The molecule has 3 heteroatoms. The monoisotopic (exact) mass is 288 g/mol. The van der Waals surface area contributed by atoms with Gasteiger partial charge in [0.1, 0.15) is 5.75 Å². The summed E-state index contributed by atoms with van der Waals surface area (Å²) in [4.78, 5) is 13.4. The fourth-order valence-electron chi connectivity index (χ4n) is 2.00. The Morgan fingerprint density at radius 2 is 2.00 bits per heavy atom. The number of hydrogen-bond acceptors (Lipinski definition) is 3. The number of carbonyl (C=O) groups is 1. The molecule has 0 aliphatic rings. The van der Waals surface area contributed by atoms with Crippen molar-refractivity contribution in [3.05, 3.63) is 51.7 Å². The number of ketones is 1. The maximum absolute atomic E-state index is 12.6. The molecule has 0 fully saturated rings. The maximum atomic E-state index is 12.6. The molecule has 0 atom stereocenters. The second kappa shape index (κ2) is 5.80. The third-order valence-corrected chi connectivity index (χ3v) is 4.00. The van der Waals surface area contributed by atoms with Gasteiger partial charge in [-0.15, -0.1) is 11.3 Å². The molecule has 106 valence electrons. The van der Waals surface area contributed by atoms with Crippen molar-refractivity contribution in [1.29, 1.82) is 0 Å². The lowest BCUT2D eigenvalue weighted by Gasteiger charge is -2.21. The van der Waals surface area contributed by atoms with E-state index in [2.05, 4.69) is 20.8 Å². The Balaban J connectivity index is 2.50. The summed E-state index contributed by atoms with van der Waals surface area (Å²) in [6.07, 6.45) is 0. The highest BCUT2D eigenvalue weighted by Gasteiger charge is 2.20. The predicted molar refractivity (Wildman–Crippen MR) is 84.1 cm³/mol. The van der Waals surface area contributed by atoms with E-state index in [-0.39, 0.29) is 11.2 Å². The van der Waals surface area contributed by atoms with Gasteiger partial charge in [0.15, 0.2) is 0 Å². The Kier molecular flexibility index (Phi) is 4.29. The van der Waals surface area contributed by atoms with E-state index < -0.39 is 0 Å². The van der Waals surface area contributed by atoms with Gasteiger partial charge in [0.05, 0.1) is 17.0 Å². The number of carbonyl (C=O) groups excluding carboxylic acids is 1. The summed E-state index contributed by atoms with van der Waals surface area (Å²) in [6.45, 7) is 8.91. The molecule has 2 nitrogen and oxygen atoms in total. The highest BCUT2D eigenvalue weighted by Crippen LogP contribution is 2.30. The maximum Gasteiger partial charge on any atom is 0.206 e. The number of ether oxygens (including phenoxy) is 1. The van der Waals surface area contributed by atoms with Crippen molar-refractivity contribution >= 4 is 17.1 Å². The van der Waals surface area contributed by atoms with E-state index >= 15 is 0 Å². The van der Waals surface area contributed by atoms with Crippen LogP contribution < -0.4 is 4.74 Å². The summed E-state index contributed by atoms with van der Waals surface area (Å²) in [5.41, 5.74) is 1.80. The number of thiophene rings is 1. The average Bonchev–Trinajstić information content (AvgIpc) is 2.91. The van der Waals surface area contributed by atoms with Crippen molar-refractivity contribution in [2.75, 3.05) is 6.61 Å². The molecule has 1 aromatic heterocycles. The first-order chi connectivity index (χ1) is 9.43. The standard InChI is InChI=1S/C17H20O2S/c1-5-19-14-9-8-12(17(2,3)4)11-13(14)16(18)15-7-6-10-20-15/h6-11H,5H2,1-4H3. The van der Waals surface area contributed by atoms with Crippen LogP contribution in [-0.4, -0.2) is 12.4 Å². The van der Waals surface area contributed by atoms with Gasteiger partial charge in [0.2, 0.25) is 5.78 Å². The minimum absolute atomic E-state index is 0.00915. The van der Waals surface area contributed by atoms with Gasteiger partial charge in [0.25, 0.3) is 0 Å². The molecule has 0 spiro atoms. The number of benzene rings is 1. The lowest BCUT2D eigenvalue weighted by molar-refractivity contribution is 0.103. The topological polar surface area (TPSA) is 26.3 Å². The van der Waals surface area contributed by atoms with Crippen LogP contribution in [0.2, 0.25) is 0 Å². The smallest absolute Gasteiger partial charge is 0.206 e. The molecule has 2 rings (SSSR count). The van der Waals surface area contributed by atoms with Crippen LogP contribution in [0, 0.1) is 0 Å². The van der Waals surface area contributed by atoms with Crippen LogP contribution >= 0.6 is 11.3 Å². The van der Waals surface area contributed by atoms with Crippen LogP contribution in [-0.2, 0) is 5.41 Å². The zero-order valence-corrected chi connectivity index (χ0v) is 13.2. The summed E-state index contributed by atoms with van der Waals surface area (Å²) in [6, 6.07) is 9.66. The largest absolute Gasteiger partial charge is 0.493 e. The SMILES string of the molecule is CCOc1ccc(C(C)(C)C)cc1C(=O)c1cccs1. The molecule has 0 amide bonds. The number of rotatable bonds is 4. The predicted octanol–water partition coefficient (Wildman–Crippen LogP) is 4.68. The van der Waals surface area contributed by atoms with E-state index in [0.29, 0.717) is 17.9 Å². The quantitative estimate of drug-likeness (QED) is 0.764. The van der Waals surface area contributed by atoms with E-state index in [1.165, 1.54) is 11.3 Å². The van der Waals surface area contributed by atoms with Crippen LogP contribution in [0.4, 0.5) is 0 Å². The minimum atomic E-state index is 0.00915. The molecule has 0 aliphatic carbocycles. The van der Waals surface area contributed by atoms with Gasteiger partial charge in [-0.1, -0.05) is 32.9 Å². The Hall–Kier alpha value is -1.61. The highest BCUT2D eigenvalue weighted by molar-refractivity contribution is 7.12. The van der Waals surface area contributed by atoms with Gasteiger partial charge < -0.3 is 4.74 Å². The molecule has 0 saturated heterocycles. The third-order valence-electron chi connectivity index (χ3n) is 3.14. The van der Waals surface area contributed by atoms with Crippen molar-refractivity contribution in [2.45, 2.75) is 33.1 Å². The minimum Gasteiger partial charge on any atom is -0.493 e. The first-order valence-corrected chi connectivity index (χ1v) is 7.67. The second-order valence-corrected chi connectivity index (χ2v) is 6.65. The molecule has 0 aliphatic heterocycles. The van der Waals surface area contributed by atoms with Crippen LogP contribution in [0.3, 0.4) is 0 Å². The van der Waals surface area contributed by atoms with Crippen molar-refractivity contribution in [3.63, 3.8) is 0 Å². The molecular formula is C17H20O2S. The van der Waals surface area contributed by atoms with E-state index in [0.717, 1.165) is 10.4 Å². The molecule has 1 aromatic carbocycles. The first-order valence-electron chi connectivity index (χ1n) is 6.79. The van der Waals surface area contributed by atoms with Gasteiger partial charge in [-0.3, -0.25) is 4.79 Å². The zero-order valence-electron chi connectivity index (χ0n) is 12.4. The van der Waals surface area contributed by atoms with Crippen molar-refractivity contribution in [2.24, 2.45) is 0 Å². The number of hydrogen-bond donors (Lipinski definition) is 0. The van der Waals surface area contributed by atoms with Gasteiger partial charge in [-0.25, -0.2) is 0 Å². The molecule has 0 bridgehead atoms. The summed E-state index contributed by atoms with van der Waals surface area (Å²) in [7, 11) is 0. The van der Waals surface area contributed by atoms with Crippen molar-refractivity contribution < 1.29 is 9.53 Å². The van der Waals surface area contributed by atoms with Crippen LogP contribution in [0.5, 0.6) is 5.75 Å². The van der Waals surface area contributed by atoms with Crippen LogP contribution in [0.15, 0.2) is 35.7 Å². The summed E-state index contributed by atoms with van der Waals surface area (Å²) >= 11 is 1.46.